The van der Waals surface area contributed by atoms with E-state index in [1.54, 1.807) is 7.05 Å². The molecule has 114 valence electrons. The van der Waals surface area contributed by atoms with Gasteiger partial charge in [-0.1, -0.05) is 24.3 Å². The number of carbonyl (C=O) groups is 2. The largest absolute Gasteiger partial charge is 0.352 e. The van der Waals surface area contributed by atoms with Crippen molar-refractivity contribution < 1.29 is 9.59 Å². The second kappa shape index (κ2) is 6.72. The highest BCUT2D eigenvalue weighted by Gasteiger charge is 2.27. The molecule has 2 N–H and O–H groups in total. The maximum absolute atomic E-state index is 12.4. The molecule has 0 aromatic heterocycles. The van der Waals surface area contributed by atoms with E-state index in [0.717, 1.165) is 0 Å². The van der Waals surface area contributed by atoms with Gasteiger partial charge in [0.2, 0.25) is 11.8 Å². The lowest BCUT2D eigenvalue weighted by Gasteiger charge is -2.29. The van der Waals surface area contributed by atoms with Gasteiger partial charge >= 0.3 is 0 Å². The van der Waals surface area contributed by atoms with Crippen LogP contribution in [0.5, 0.6) is 0 Å². The minimum Gasteiger partial charge on any atom is -0.352 e. The Morgan fingerprint density at radius 3 is 2.67 bits per heavy atom. The van der Waals surface area contributed by atoms with Crippen molar-refractivity contribution in [3.8, 4) is 0 Å². The third-order valence-electron chi connectivity index (χ3n) is 3.59. The van der Waals surface area contributed by atoms with Gasteiger partial charge in [0.15, 0.2) is 0 Å². The average Bonchev–Trinajstić information content (AvgIpc) is 2.45. The Morgan fingerprint density at radius 1 is 1.33 bits per heavy atom. The summed E-state index contributed by atoms with van der Waals surface area (Å²) >= 11 is 0. The predicted octanol–water partition coefficient (Wildman–Crippen LogP) is 0.684. The van der Waals surface area contributed by atoms with Crippen LogP contribution in [0.4, 0.5) is 0 Å². The number of rotatable bonds is 4. The molecule has 1 aromatic rings. The summed E-state index contributed by atoms with van der Waals surface area (Å²) in [5.74, 6) is -0.166. The molecule has 5 heteroatoms. The molecule has 0 bridgehead atoms. The summed E-state index contributed by atoms with van der Waals surface area (Å²) in [4.78, 5) is 25.6. The molecule has 0 saturated heterocycles. The van der Waals surface area contributed by atoms with Crippen LogP contribution in [0.15, 0.2) is 24.3 Å². The van der Waals surface area contributed by atoms with E-state index in [1.165, 1.54) is 16.0 Å². The first-order valence-corrected chi connectivity index (χ1v) is 7.32. The van der Waals surface area contributed by atoms with Crippen molar-refractivity contribution in [3.05, 3.63) is 35.4 Å². The van der Waals surface area contributed by atoms with Crippen LogP contribution in [0.3, 0.4) is 0 Å². The lowest BCUT2D eigenvalue weighted by atomic mass is 9.95. The summed E-state index contributed by atoms with van der Waals surface area (Å²) in [6, 6.07) is 7.96. The fraction of sp³-hybridized carbons (Fsp3) is 0.500. The number of hydrogen-bond donors (Lipinski definition) is 2. The second-order valence-corrected chi connectivity index (χ2v) is 5.82. The molecular weight excluding hydrogens is 266 g/mol. The molecule has 21 heavy (non-hydrogen) atoms. The van der Waals surface area contributed by atoms with Crippen molar-refractivity contribution in [1.82, 2.24) is 15.5 Å². The van der Waals surface area contributed by atoms with Gasteiger partial charge in [0.1, 0.15) is 0 Å². The van der Waals surface area contributed by atoms with Crippen molar-refractivity contribution in [2.24, 2.45) is 0 Å². The first kappa shape index (κ1) is 15.5. The molecule has 1 atom stereocenters. The van der Waals surface area contributed by atoms with Crippen LogP contribution < -0.4 is 10.6 Å². The lowest BCUT2D eigenvalue weighted by molar-refractivity contribution is -0.136. The van der Waals surface area contributed by atoms with Crippen LogP contribution in [-0.2, 0) is 22.6 Å². The zero-order valence-corrected chi connectivity index (χ0v) is 12.8. The Hall–Kier alpha value is -1.88. The lowest BCUT2D eigenvalue weighted by Crippen LogP contribution is -2.50. The number of benzene rings is 1. The third-order valence-corrected chi connectivity index (χ3v) is 3.59. The van der Waals surface area contributed by atoms with Crippen LogP contribution in [0, 0.1) is 0 Å². The smallest absolute Gasteiger partial charge is 0.240 e. The minimum atomic E-state index is -0.253. The van der Waals surface area contributed by atoms with E-state index in [-0.39, 0.29) is 30.4 Å². The van der Waals surface area contributed by atoms with Gasteiger partial charge in [-0.3, -0.25) is 9.59 Å². The summed E-state index contributed by atoms with van der Waals surface area (Å²) in [7, 11) is 1.67. The zero-order chi connectivity index (χ0) is 15.4. The van der Waals surface area contributed by atoms with Gasteiger partial charge in [0.05, 0.1) is 12.6 Å². The third kappa shape index (κ3) is 4.04. The summed E-state index contributed by atoms with van der Waals surface area (Å²) in [5, 5.41) is 6.04. The van der Waals surface area contributed by atoms with Crippen molar-refractivity contribution in [1.29, 1.82) is 0 Å². The van der Waals surface area contributed by atoms with E-state index in [1.807, 2.05) is 26.0 Å². The summed E-state index contributed by atoms with van der Waals surface area (Å²) < 4.78 is 0. The highest BCUT2D eigenvalue weighted by Crippen LogP contribution is 2.17. The SMILES string of the molecule is CC(C)NC(=O)CN(C)C(=O)[C@@H]1Cc2ccccc2CN1. The molecule has 0 unspecified atom stereocenters. The highest BCUT2D eigenvalue weighted by atomic mass is 16.2. The number of carbonyl (C=O) groups excluding carboxylic acids is 2. The minimum absolute atomic E-state index is 0.0385. The molecule has 1 aliphatic rings. The van der Waals surface area contributed by atoms with Gasteiger partial charge in [-0.25, -0.2) is 0 Å². The van der Waals surface area contributed by atoms with E-state index in [4.69, 9.17) is 0 Å². The van der Waals surface area contributed by atoms with E-state index < -0.39 is 0 Å². The molecule has 2 rings (SSSR count). The first-order valence-electron chi connectivity index (χ1n) is 7.32. The Balaban J connectivity index is 1.93. The average molecular weight is 289 g/mol. The Bertz CT molecular complexity index is 528. The van der Waals surface area contributed by atoms with E-state index in [9.17, 15) is 9.59 Å². The molecule has 0 fully saturated rings. The molecule has 2 amide bonds. The molecule has 1 aliphatic heterocycles. The second-order valence-electron chi connectivity index (χ2n) is 5.82. The predicted molar refractivity (Wildman–Crippen MR) is 81.7 cm³/mol. The highest BCUT2D eigenvalue weighted by molar-refractivity contribution is 5.87. The van der Waals surface area contributed by atoms with Crippen molar-refractivity contribution >= 4 is 11.8 Å². The van der Waals surface area contributed by atoms with Gasteiger partial charge in [0, 0.05) is 19.6 Å². The molecule has 0 aliphatic carbocycles. The molecule has 0 saturated carbocycles. The van der Waals surface area contributed by atoms with Crippen LogP contribution in [0.25, 0.3) is 0 Å². The number of amides is 2. The van der Waals surface area contributed by atoms with Gasteiger partial charge in [-0.15, -0.1) is 0 Å². The molecular formula is C16H23N3O2. The number of nitrogens with one attached hydrogen (secondary N) is 2. The summed E-state index contributed by atoms with van der Waals surface area (Å²) in [6.45, 7) is 4.59. The first-order chi connectivity index (χ1) is 9.97. The quantitative estimate of drug-likeness (QED) is 0.857. The van der Waals surface area contributed by atoms with Gasteiger partial charge < -0.3 is 15.5 Å². The number of hydrogen-bond acceptors (Lipinski definition) is 3. The van der Waals surface area contributed by atoms with E-state index in [0.29, 0.717) is 13.0 Å². The summed E-state index contributed by atoms with van der Waals surface area (Å²) in [6.07, 6.45) is 0.672. The number of fused-ring (bicyclic) bond motifs is 1. The fourth-order valence-electron chi connectivity index (χ4n) is 2.56. The molecule has 1 heterocycles. The van der Waals surface area contributed by atoms with Crippen molar-refractivity contribution in [3.63, 3.8) is 0 Å². The van der Waals surface area contributed by atoms with Crippen molar-refractivity contribution in [2.75, 3.05) is 13.6 Å². The molecule has 1 aromatic carbocycles. The number of nitrogens with zero attached hydrogens (tertiary/aromatic N) is 1. The van der Waals surface area contributed by atoms with Crippen LogP contribution in [0.2, 0.25) is 0 Å². The zero-order valence-electron chi connectivity index (χ0n) is 12.8. The van der Waals surface area contributed by atoms with Crippen LogP contribution >= 0.6 is 0 Å². The monoisotopic (exact) mass is 289 g/mol. The van der Waals surface area contributed by atoms with Gasteiger partial charge in [-0.2, -0.15) is 0 Å². The fourth-order valence-corrected chi connectivity index (χ4v) is 2.56. The van der Waals surface area contributed by atoms with E-state index >= 15 is 0 Å². The van der Waals surface area contributed by atoms with Crippen LogP contribution in [0.1, 0.15) is 25.0 Å². The summed E-state index contributed by atoms with van der Waals surface area (Å²) in [5.41, 5.74) is 2.44. The maximum atomic E-state index is 12.4. The van der Waals surface area contributed by atoms with Crippen molar-refractivity contribution in [2.45, 2.75) is 38.9 Å². The molecule has 0 radical (unpaired) electrons. The topological polar surface area (TPSA) is 61.4 Å². The van der Waals surface area contributed by atoms with Gasteiger partial charge in [-0.05, 0) is 31.4 Å². The maximum Gasteiger partial charge on any atom is 0.240 e. The number of likely N-dealkylation sites (N-methyl/N-ethyl adjacent to an activating group) is 1. The normalized spacial score (nSPS) is 17.2. The Kier molecular flexibility index (Phi) is 4.96. The van der Waals surface area contributed by atoms with E-state index in [2.05, 4.69) is 22.8 Å². The standard InChI is InChI=1S/C16H23N3O2/c1-11(2)18-15(20)10-19(3)16(21)14-8-12-6-4-5-7-13(12)9-17-14/h4-7,11,14,17H,8-10H2,1-3H3,(H,18,20)/t14-/m0/s1. The molecule has 0 spiro atoms. The molecule has 5 nitrogen and oxygen atoms in total. The van der Waals surface area contributed by atoms with Gasteiger partial charge in [0.25, 0.3) is 0 Å². The Labute approximate surface area is 125 Å². The Morgan fingerprint density at radius 2 is 2.00 bits per heavy atom. The van der Waals surface area contributed by atoms with Crippen LogP contribution in [-0.4, -0.2) is 42.4 Å².